The van der Waals surface area contributed by atoms with Crippen molar-refractivity contribution in [3.63, 3.8) is 0 Å². The molecule has 0 aliphatic heterocycles. The molecule has 0 saturated heterocycles. The molecule has 1 heterocycles. The van der Waals surface area contributed by atoms with Crippen LogP contribution in [0.15, 0.2) is 36.7 Å². The third-order valence-corrected chi connectivity index (χ3v) is 4.24. The van der Waals surface area contributed by atoms with Crippen LogP contribution in [0.1, 0.15) is 61.3 Å². The molecule has 0 radical (unpaired) electrons. The Balaban J connectivity index is 2.09. The van der Waals surface area contributed by atoms with Gasteiger partial charge in [0.15, 0.2) is 0 Å². The second-order valence-electron chi connectivity index (χ2n) is 5.94. The molecule has 0 bridgehead atoms. The summed E-state index contributed by atoms with van der Waals surface area (Å²) < 4.78 is 4.59. The minimum atomic E-state index is -0.877. The lowest BCUT2D eigenvalue weighted by atomic mass is 10.1. The largest absolute Gasteiger partial charge is 0.478 e. The molecule has 1 aromatic heterocycles. The van der Waals surface area contributed by atoms with E-state index in [4.69, 9.17) is 5.11 Å². The van der Waals surface area contributed by atoms with E-state index in [0.717, 1.165) is 25.1 Å². The number of benzene rings is 1. The number of aryl methyl sites for hydroxylation is 1. The van der Waals surface area contributed by atoms with E-state index in [-0.39, 0.29) is 0 Å². The van der Waals surface area contributed by atoms with Crippen LogP contribution in [-0.4, -0.2) is 15.6 Å². The van der Waals surface area contributed by atoms with Gasteiger partial charge in [-0.2, -0.15) is 0 Å². The second-order valence-corrected chi connectivity index (χ2v) is 5.94. The van der Waals surface area contributed by atoms with Crippen LogP contribution in [0.2, 0.25) is 0 Å². The van der Waals surface area contributed by atoms with Crippen molar-refractivity contribution in [1.29, 1.82) is 0 Å². The molecule has 0 aliphatic carbocycles. The molecular formula is C19H27N2O2+. The maximum atomic E-state index is 10.9. The van der Waals surface area contributed by atoms with Crippen molar-refractivity contribution in [1.82, 2.24) is 4.57 Å². The number of carboxylic acid groups (broad SMARTS) is 1. The molecule has 2 rings (SSSR count). The maximum Gasteiger partial charge on any atom is 0.335 e. The fourth-order valence-corrected chi connectivity index (χ4v) is 2.88. The number of hydrogen-bond donors (Lipinski definition) is 1. The van der Waals surface area contributed by atoms with Gasteiger partial charge in [-0.15, -0.1) is 0 Å². The van der Waals surface area contributed by atoms with E-state index in [1.165, 1.54) is 31.5 Å². The summed E-state index contributed by atoms with van der Waals surface area (Å²) in [6.07, 6.45) is 10.4. The third kappa shape index (κ3) is 4.68. The molecule has 4 nitrogen and oxygen atoms in total. The van der Waals surface area contributed by atoms with E-state index in [0.29, 0.717) is 5.56 Å². The average molecular weight is 315 g/mol. The number of unbranched alkanes of at least 4 members (excludes halogenated alkanes) is 3. The van der Waals surface area contributed by atoms with Crippen molar-refractivity contribution in [3.05, 3.63) is 53.6 Å². The molecule has 1 aromatic carbocycles. The molecule has 0 amide bonds. The Kier molecular flexibility index (Phi) is 6.39. The Hall–Kier alpha value is -2.10. The Labute approximate surface area is 138 Å². The minimum absolute atomic E-state index is 0.338. The second kappa shape index (κ2) is 8.51. The van der Waals surface area contributed by atoms with Gasteiger partial charge >= 0.3 is 5.97 Å². The molecule has 1 N–H and O–H groups in total. The van der Waals surface area contributed by atoms with Gasteiger partial charge in [0.05, 0.1) is 12.1 Å². The SMILES string of the molecule is CCCCCCc1n(CC)cc[n+]1Cc1ccc(C(=O)O)cc1. The van der Waals surface area contributed by atoms with Crippen LogP contribution in [-0.2, 0) is 19.5 Å². The van der Waals surface area contributed by atoms with Gasteiger partial charge < -0.3 is 5.11 Å². The lowest BCUT2D eigenvalue weighted by molar-refractivity contribution is -0.695. The van der Waals surface area contributed by atoms with Crippen LogP contribution in [0.4, 0.5) is 0 Å². The Morgan fingerprint density at radius 2 is 1.87 bits per heavy atom. The summed E-state index contributed by atoms with van der Waals surface area (Å²) in [6, 6.07) is 7.16. The van der Waals surface area contributed by atoms with Gasteiger partial charge in [-0.25, -0.2) is 13.9 Å². The molecule has 0 aliphatic rings. The normalized spacial score (nSPS) is 10.9. The van der Waals surface area contributed by atoms with E-state index in [2.05, 4.69) is 35.4 Å². The van der Waals surface area contributed by atoms with E-state index >= 15 is 0 Å². The van der Waals surface area contributed by atoms with E-state index < -0.39 is 5.97 Å². The summed E-state index contributed by atoms with van der Waals surface area (Å²) in [5.74, 6) is 0.476. The highest BCUT2D eigenvalue weighted by molar-refractivity contribution is 5.87. The van der Waals surface area contributed by atoms with Crippen LogP contribution >= 0.6 is 0 Å². The molecule has 2 aromatic rings. The smallest absolute Gasteiger partial charge is 0.335 e. The van der Waals surface area contributed by atoms with Gasteiger partial charge in [-0.1, -0.05) is 38.3 Å². The number of aromatic carboxylic acids is 1. The van der Waals surface area contributed by atoms with Crippen molar-refractivity contribution in [2.24, 2.45) is 0 Å². The number of carboxylic acids is 1. The van der Waals surface area contributed by atoms with Crippen molar-refractivity contribution in [2.75, 3.05) is 0 Å². The van der Waals surface area contributed by atoms with Gasteiger partial charge in [0.2, 0.25) is 0 Å². The quantitative estimate of drug-likeness (QED) is 0.567. The molecule has 0 fully saturated rings. The van der Waals surface area contributed by atoms with E-state index in [1.54, 1.807) is 12.1 Å². The van der Waals surface area contributed by atoms with Crippen molar-refractivity contribution >= 4 is 5.97 Å². The molecule has 23 heavy (non-hydrogen) atoms. The summed E-state index contributed by atoms with van der Waals surface area (Å²) in [6.45, 7) is 6.17. The molecule has 0 atom stereocenters. The Bertz CT molecular complexity index is 629. The summed E-state index contributed by atoms with van der Waals surface area (Å²) >= 11 is 0. The lowest BCUT2D eigenvalue weighted by Crippen LogP contribution is -2.37. The molecule has 0 spiro atoms. The highest BCUT2D eigenvalue weighted by Gasteiger charge is 2.16. The topological polar surface area (TPSA) is 46.1 Å². The van der Waals surface area contributed by atoms with Crippen LogP contribution < -0.4 is 4.57 Å². The monoisotopic (exact) mass is 315 g/mol. The zero-order valence-corrected chi connectivity index (χ0v) is 14.2. The van der Waals surface area contributed by atoms with Crippen molar-refractivity contribution < 1.29 is 14.5 Å². The zero-order valence-electron chi connectivity index (χ0n) is 14.2. The van der Waals surface area contributed by atoms with Gasteiger partial charge in [-0.3, -0.25) is 0 Å². The number of aromatic nitrogens is 2. The lowest BCUT2D eigenvalue weighted by Gasteiger charge is -2.05. The van der Waals surface area contributed by atoms with E-state index in [9.17, 15) is 4.79 Å². The molecule has 124 valence electrons. The first-order chi connectivity index (χ1) is 11.2. The zero-order chi connectivity index (χ0) is 16.7. The minimum Gasteiger partial charge on any atom is -0.478 e. The van der Waals surface area contributed by atoms with Gasteiger partial charge in [0.25, 0.3) is 5.82 Å². The predicted molar refractivity (Wildman–Crippen MR) is 90.7 cm³/mol. The summed E-state index contributed by atoms with van der Waals surface area (Å²) in [5, 5.41) is 8.98. The fourth-order valence-electron chi connectivity index (χ4n) is 2.88. The van der Waals surface area contributed by atoms with Gasteiger partial charge in [-0.05, 0) is 31.0 Å². The first-order valence-corrected chi connectivity index (χ1v) is 8.55. The van der Waals surface area contributed by atoms with Crippen LogP contribution in [0, 0.1) is 0 Å². The van der Waals surface area contributed by atoms with E-state index in [1.807, 2.05) is 12.1 Å². The van der Waals surface area contributed by atoms with Crippen molar-refractivity contribution in [2.45, 2.75) is 59.0 Å². The van der Waals surface area contributed by atoms with Crippen LogP contribution in [0.3, 0.4) is 0 Å². The average Bonchev–Trinajstić information content (AvgIpc) is 2.94. The third-order valence-electron chi connectivity index (χ3n) is 4.24. The van der Waals surface area contributed by atoms with Crippen LogP contribution in [0.5, 0.6) is 0 Å². The molecule has 4 heteroatoms. The van der Waals surface area contributed by atoms with Crippen LogP contribution in [0.25, 0.3) is 0 Å². The fraction of sp³-hybridized carbons (Fsp3) is 0.474. The summed E-state index contributed by atoms with van der Waals surface area (Å²) in [4.78, 5) is 10.9. The molecule has 0 saturated carbocycles. The van der Waals surface area contributed by atoms with Gasteiger partial charge in [0, 0.05) is 6.42 Å². The predicted octanol–water partition coefficient (Wildman–Crippen LogP) is 3.66. The number of imidazole rings is 1. The number of rotatable bonds is 9. The van der Waals surface area contributed by atoms with Gasteiger partial charge in [0.1, 0.15) is 18.9 Å². The number of nitrogens with zero attached hydrogens (tertiary/aromatic N) is 2. The Morgan fingerprint density at radius 3 is 2.48 bits per heavy atom. The highest BCUT2D eigenvalue weighted by Crippen LogP contribution is 2.08. The molecular weight excluding hydrogens is 288 g/mol. The van der Waals surface area contributed by atoms with Crippen molar-refractivity contribution in [3.8, 4) is 0 Å². The highest BCUT2D eigenvalue weighted by atomic mass is 16.4. The summed E-state index contributed by atoms with van der Waals surface area (Å²) in [5.41, 5.74) is 1.47. The number of hydrogen-bond acceptors (Lipinski definition) is 1. The maximum absolute atomic E-state index is 10.9. The summed E-state index contributed by atoms with van der Waals surface area (Å²) in [7, 11) is 0. The molecule has 0 unspecified atom stereocenters. The number of carbonyl (C=O) groups is 1. The standard InChI is InChI=1S/C19H26N2O2/c1-3-5-6-7-8-18-20(4-2)13-14-21(18)15-16-9-11-17(12-10-16)19(22)23/h9-14H,3-8,15H2,1-2H3/p+1. The first kappa shape index (κ1) is 17.3. The Morgan fingerprint density at radius 1 is 1.13 bits per heavy atom. The first-order valence-electron chi connectivity index (χ1n) is 8.55.